The van der Waals surface area contributed by atoms with Crippen molar-refractivity contribution in [1.29, 1.82) is 0 Å². The first-order valence-corrected chi connectivity index (χ1v) is 12.6. The lowest BCUT2D eigenvalue weighted by molar-refractivity contribution is -0.110. The van der Waals surface area contributed by atoms with Crippen LogP contribution >= 0.6 is 0 Å². The average molecular weight is 511 g/mol. The van der Waals surface area contributed by atoms with Gasteiger partial charge in [0.1, 0.15) is 0 Å². The number of carbonyl (C=O) groups is 3. The molecule has 8 heteroatoms. The van der Waals surface area contributed by atoms with Crippen LogP contribution in [0.25, 0.3) is 11.3 Å². The lowest BCUT2D eigenvalue weighted by Crippen LogP contribution is -2.52. The second kappa shape index (κ2) is 10.5. The molecule has 5 rings (SSSR count). The second-order valence-corrected chi connectivity index (χ2v) is 9.61. The molecule has 8 nitrogen and oxygen atoms in total. The van der Waals surface area contributed by atoms with E-state index < -0.39 is 5.97 Å². The molecule has 2 amide bonds. The van der Waals surface area contributed by atoms with E-state index in [-0.39, 0.29) is 11.8 Å². The van der Waals surface area contributed by atoms with Crippen molar-refractivity contribution in [2.75, 3.05) is 44.4 Å². The van der Waals surface area contributed by atoms with Gasteiger partial charge < -0.3 is 25.2 Å². The van der Waals surface area contributed by atoms with E-state index in [1.54, 1.807) is 18.2 Å². The number of fused-ring (bicyclic) bond motifs is 1. The zero-order valence-electron chi connectivity index (χ0n) is 21.7. The summed E-state index contributed by atoms with van der Waals surface area (Å²) >= 11 is 0. The zero-order valence-corrected chi connectivity index (χ0v) is 21.7. The molecule has 0 aromatic heterocycles. The number of amides is 2. The highest BCUT2D eigenvalue weighted by atomic mass is 16.5. The topological polar surface area (TPSA) is 91.0 Å². The number of nitrogens with one attached hydrogen (secondary N) is 2. The Morgan fingerprint density at radius 1 is 0.947 bits per heavy atom. The van der Waals surface area contributed by atoms with Crippen LogP contribution in [0, 0.1) is 0 Å². The quantitative estimate of drug-likeness (QED) is 0.395. The van der Waals surface area contributed by atoms with Crippen molar-refractivity contribution in [3.63, 3.8) is 0 Å². The molecule has 3 aromatic carbocycles. The normalized spacial score (nSPS) is 18.4. The van der Waals surface area contributed by atoms with Gasteiger partial charge in [0.15, 0.2) is 0 Å². The van der Waals surface area contributed by atoms with Crippen LogP contribution in [0.2, 0.25) is 0 Å². The van der Waals surface area contributed by atoms with Gasteiger partial charge in [-0.25, -0.2) is 4.79 Å². The minimum atomic E-state index is -0.471. The molecule has 0 saturated carbocycles. The van der Waals surface area contributed by atoms with Crippen LogP contribution in [0.3, 0.4) is 0 Å². The van der Waals surface area contributed by atoms with Gasteiger partial charge in [0, 0.05) is 42.5 Å². The number of carbonyl (C=O) groups excluding carboxylic acids is 3. The average Bonchev–Trinajstić information content (AvgIpc) is 3.27. The Bertz CT molecular complexity index is 1420. The molecule has 3 aromatic rings. The van der Waals surface area contributed by atoms with Crippen LogP contribution < -0.4 is 10.6 Å². The Kier molecular flexibility index (Phi) is 6.98. The van der Waals surface area contributed by atoms with E-state index in [1.165, 1.54) is 7.11 Å². The van der Waals surface area contributed by atoms with E-state index in [9.17, 15) is 14.4 Å². The largest absolute Gasteiger partial charge is 0.465 e. The highest BCUT2D eigenvalue weighted by molar-refractivity contribution is 6.37. The maximum Gasteiger partial charge on any atom is 0.337 e. The molecule has 2 aliphatic heterocycles. The van der Waals surface area contributed by atoms with Crippen molar-refractivity contribution >= 4 is 40.4 Å². The van der Waals surface area contributed by atoms with Gasteiger partial charge >= 0.3 is 5.97 Å². The van der Waals surface area contributed by atoms with Crippen LogP contribution in [0.4, 0.5) is 11.4 Å². The van der Waals surface area contributed by atoms with E-state index in [4.69, 9.17) is 4.74 Å². The fourth-order valence-corrected chi connectivity index (χ4v) is 4.81. The first-order chi connectivity index (χ1) is 18.4. The standard InChI is InChI=1S/C30H30N4O4/c1-19-18-34(16-15-33(19)2)29(36)21-9-12-23(13-10-21)31-27(20-7-5-4-6-8-20)26-24-14-11-22(30(37)38-3)17-25(24)32-28(26)35/h4-14,17,19,31H,15-16,18H2,1-3H3,(H,32,35)/b27-26-/t19-/m1/s1. The number of esters is 1. The van der Waals surface area contributed by atoms with Gasteiger partial charge in [0.2, 0.25) is 0 Å². The van der Waals surface area contributed by atoms with Crippen molar-refractivity contribution < 1.29 is 19.1 Å². The molecule has 2 N–H and O–H groups in total. The Labute approximate surface area is 221 Å². The summed E-state index contributed by atoms with van der Waals surface area (Å²) in [5, 5.41) is 6.28. The first-order valence-electron chi connectivity index (χ1n) is 12.6. The van der Waals surface area contributed by atoms with Crippen molar-refractivity contribution in [2.45, 2.75) is 13.0 Å². The molecule has 0 aliphatic carbocycles. The number of ether oxygens (including phenoxy) is 1. The van der Waals surface area contributed by atoms with Crippen LogP contribution in [-0.2, 0) is 9.53 Å². The van der Waals surface area contributed by atoms with Gasteiger partial charge in [-0.15, -0.1) is 0 Å². The monoisotopic (exact) mass is 510 g/mol. The molecule has 0 unspecified atom stereocenters. The summed E-state index contributed by atoms with van der Waals surface area (Å²) in [6.45, 7) is 4.38. The van der Waals surface area contributed by atoms with Gasteiger partial charge in [-0.2, -0.15) is 0 Å². The number of hydrogen-bond acceptors (Lipinski definition) is 6. The van der Waals surface area contributed by atoms with Gasteiger partial charge in [0.05, 0.1) is 29.6 Å². The SMILES string of the molecule is COC(=O)c1ccc2c(c1)NC(=O)/C2=C(\Nc1ccc(C(=O)N2CCN(C)[C@H](C)C2)cc1)c1ccccc1. The lowest BCUT2D eigenvalue weighted by atomic mass is 9.99. The number of nitrogens with zero attached hydrogens (tertiary/aromatic N) is 2. The number of piperazine rings is 1. The summed E-state index contributed by atoms with van der Waals surface area (Å²) < 4.78 is 4.82. The number of methoxy groups -OCH3 is 1. The van der Waals surface area contributed by atoms with Crippen LogP contribution in [0.5, 0.6) is 0 Å². The summed E-state index contributed by atoms with van der Waals surface area (Å²) in [5.74, 6) is -0.727. The molecule has 38 heavy (non-hydrogen) atoms. The van der Waals surface area contributed by atoms with Gasteiger partial charge in [-0.05, 0) is 55.9 Å². The summed E-state index contributed by atoms with van der Waals surface area (Å²) in [4.78, 5) is 42.4. The second-order valence-electron chi connectivity index (χ2n) is 9.61. The Hall–Kier alpha value is -4.43. The van der Waals surface area contributed by atoms with Crippen molar-refractivity contribution in [3.05, 3.63) is 95.1 Å². The van der Waals surface area contributed by atoms with Crippen LogP contribution in [-0.4, -0.2) is 67.4 Å². The predicted octanol–water partition coefficient (Wildman–Crippen LogP) is 4.18. The van der Waals surface area contributed by atoms with Gasteiger partial charge in [-0.3, -0.25) is 9.59 Å². The predicted molar refractivity (Wildman–Crippen MR) is 148 cm³/mol. The molecular formula is C30H30N4O4. The van der Waals surface area contributed by atoms with Crippen molar-refractivity contribution in [1.82, 2.24) is 9.80 Å². The third kappa shape index (κ3) is 4.90. The number of benzene rings is 3. The molecule has 0 spiro atoms. The summed E-state index contributed by atoms with van der Waals surface area (Å²) in [5.41, 5.74) is 4.88. The summed E-state index contributed by atoms with van der Waals surface area (Å²) in [7, 11) is 3.40. The van der Waals surface area contributed by atoms with Crippen molar-refractivity contribution in [3.8, 4) is 0 Å². The zero-order chi connectivity index (χ0) is 26.8. The van der Waals surface area contributed by atoms with Crippen LogP contribution in [0.15, 0.2) is 72.8 Å². The molecule has 1 atom stereocenters. The lowest BCUT2D eigenvalue weighted by Gasteiger charge is -2.37. The first kappa shape index (κ1) is 25.2. The molecular weight excluding hydrogens is 480 g/mol. The third-order valence-electron chi connectivity index (χ3n) is 7.15. The third-order valence-corrected chi connectivity index (χ3v) is 7.15. The summed E-state index contributed by atoms with van der Waals surface area (Å²) in [6, 6.07) is 22.2. The maximum atomic E-state index is 13.2. The smallest absolute Gasteiger partial charge is 0.337 e. The maximum absolute atomic E-state index is 13.2. The molecule has 1 saturated heterocycles. The van der Waals surface area contributed by atoms with E-state index in [2.05, 4.69) is 29.5 Å². The highest BCUT2D eigenvalue weighted by Crippen LogP contribution is 2.38. The number of likely N-dealkylation sites (N-methyl/N-ethyl adjacent to an activating group) is 1. The molecule has 194 valence electrons. The van der Waals surface area contributed by atoms with Crippen molar-refractivity contribution in [2.24, 2.45) is 0 Å². The molecule has 0 bridgehead atoms. The molecule has 1 fully saturated rings. The number of rotatable bonds is 5. The van der Waals surface area contributed by atoms with E-state index in [0.717, 1.165) is 17.8 Å². The van der Waals surface area contributed by atoms with Gasteiger partial charge in [0.25, 0.3) is 11.8 Å². The van der Waals surface area contributed by atoms with E-state index in [0.29, 0.717) is 52.8 Å². The molecule has 2 heterocycles. The minimum absolute atomic E-state index is 0.0173. The fraction of sp³-hybridized carbons (Fsp3) is 0.233. The molecule has 0 radical (unpaired) electrons. The number of hydrogen-bond donors (Lipinski definition) is 2. The van der Waals surface area contributed by atoms with E-state index in [1.807, 2.05) is 59.5 Å². The highest BCUT2D eigenvalue weighted by Gasteiger charge is 2.30. The summed E-state index contributed by atoms with van der Waals surface area (Å²) in [6.07, 6.45) is 0. The number of anilines is 2. The Morgan fingerprint density at radius 3 is 2.34 bits per heavy atom. The minimum Gasteiger partial charge on any atom is -0.465 e. The Morgan fingerprint density at radius 2 is 1.66 bits per heavy atom. The molecule has 2 aliphatic rings. The van der Waals surface area contributed by atoms with Crippen LogP contribution in [0.1, 0.15) is 38.8 Å². The Balaban J connectivity index is 1.46. The van der Waals surface area contributed by atoms with E-state index >= 15 is 0 Å². The fourth-order valence-electron chi connectivity index (χ4n) is 4.81. The van der Waals surface area contributed by atoms with Gasteiger partial charge in [-0.1, -0.05) is 36.4 Å².